The first-order valence-corrected chi connectivity index (χ1v) is 7.15. The molecule has 0 aliphatic carbocycles. The van der Waals surface area contributed by atoms with E-state index in [-0.39, 0.29) is 0 Å². The fourth-order valence-corrected chi connectivity index (χ4v) is 2.68. The van der Waals surface area contributed by atoms with Crippen molar-refractivity contribution in [2.45, 2.75) is 33.2 Å². The average Bonchev–Trinajstić information content (AvgIpc) is 2.46. The van der Waals surface area contributed by atoms with Crippen LogP contribution in [0.5, 0.6) is 0 Å². The highest BCUT2D eigenvalue weighted by molar-refractivity contribution is 5.60. The maximum atomic E-state index is 9.26. The summed E-state index contributed by atoms with van der Waals surface area (Å²) in [7, 11) is 0. The predicted molar refractivity (Wildman–Crippen MR) is 79.4 cm³/mol. The van der Waals surface area contributed by atoms with Gasteiger partial charge in [-0.1, -0.05) is 13.0 Å². The van der Waals surface area contributed by atoms with Crippen LogP contribution in [0, 0.1) is 18.3 Å². The minimum Gasteiger partial charge on any atom is -0.368 e. The van der Waals surface area contributed by atoms with E-state index in [0.29, 0.717) is 6.04 Å². The minimum absolute atomic E-state index is 0.663. The van der Waals surface area contributed by atoms with Crippen LogP contribution in [-0.4, -0.2) is 37.1 Å². The van der Waals surface area contributed by atoms with Crippen molar-refractivity contribution >= 4 is 5.69 Å². The van der Waals surface area contributed by atoms with Crippen molar-refractivity contribution in [2.75, 3.05) is 31.1 Å². The Morgan fingerprint density at radius 1 is 1.26 bits per heavy atom. The molecule has 1 fully saturated rings. The van der Waals surface area contributed by atoms with E-state index >= 15 is 0 Å². The molecule has 3 heteroatoms. The van der Waals surface area contributed by atoms with E-state index in [2.05, 4.69) is 41.8 Å². The zero-order valence-electron chi connectivity index (χ0n) is 12.2. The van der Waals surface area contributed by atoms with Crippen molar-refractivity contribution in [3.63, 3.8) is 0 Å². The molecule has 0 aromatic heterocycles. The van der Waals surface area contributed by atoms with Gasteiger partial charge < -0.3 is 4.90 Å². The SMILES string of the molecule is CCC(C)N1CCN(c2ccc(C)cc2C#N)CC1. The quantitative estimate of drug-likeness (QED) is 0.834. The largest absolute Gasteiger partial charge is 0.368 e. The van der Waals surface area contributed by atoms with E-state index in [1.165, 1.54) is 6.42 Å². The van der Waals surface area contributed by atoms with E-state index in [4.69, 9.17) is 0 Å². The predicted octanol–water partition coefficient (Wildman–Crippen LogP) is 2.79. The topological polar surface area (TPSA) is 30.3 Å². The molecule has 1 aromatic carbocycles. The van der Waals surface area contributed by atoms with Crippen LogP contribution in [-0.2, 0) is 0 Å². The van der Waals surface area contributed by atoms with Gasteiger partial charge in [-0.05, 0) is 38.0 Å². The lowest BCUT2D eigenvalue weighted by Crippen LogP contribution is -2.49. The Kier molecular flexibility index (Phi) is 4.44. The number of piperazine rings is 1. The first-order valence-electron chi connectivity index (χ1n) is 7.15. The van der Waals surface area contributed by atoms with Gasteiger partial charge in [-0.3, -0.25) is 4.90 Å². The fourth-order valence-electron chi connectivity index (χ4n) is 2.68. The molecule has 1 saturated heterocycles. The summed E-state index contributed by atoms with van der Waals surface area (Å²) in [6.45, 7) is 10.8. The van der Waals surface area contributed by atoms with Crippen LogP contribution in [0.25, 0.3) is 0 Å². The van der Waals surface area contributed by atoms with Crippen LogP contribution in [0.3, 0.4) is 0 Å². The average molecular weight is 257 g/mol. The van der Waals surface area contributed by atoms with Gasteiger partial charge in [-0.2, -0.15) is 5.26 Å². The van der Waals surface area contributed by atoms with Crippen molar-refractivity contribution in [2.24, 2.45) is 0 Å². The second-order valence-corrected chi connectivity index (χ2v) is 5.41. The molecule has 0 radical (unpaired) electrons. The molecule has 2 rings (SSSR count). The molecule has 102 valence electrons. The van der Waals surface area contributed by atoms with Crippen LogP contribution < -0.4 is 4.90 Å². The third kappa shape index (κ3) is 3.08. The van der Waals surface area contributed by atoms with Crippen molar-refractivity contribution in [3.05, 3.63) is 29.3 Å². The van der Waals surface area contributed by atoms with E-state index < -0.39 is 0 Å². The molecule has 0 amide bonds. The molecular weight excluding hydrogens is 234 g/mol. The van der Waals surface area contributed by atoms with Crippen molar-refractivity contribution in [3.8, 4) is 6.07 Å². The van der Waals surface area contributed by atoms with Gasteiger partial charge in [-0.25, -0.2) is 0 Å². The summed E-state index contributed by atoms with van der Waals surface area (Å²) in [4.78, 5) is 4.88. The zero-order chi connectivity index (χ0) is 13.8. The summed E-state index contributed by atoms with van der Waals surface area (Å²) < 4.78 is 0. The van der Waals surface area contributed by atoms with Crippen molar-refractivity contribution < 1.29 is 0 Å². The summed E-state index contributed by atoms with van der Waals surface area (Å²) >= 11 is 0. The second kappa shape index (κ2) is 6.08. The lowest BCUT2D eigenvalue weighted by atomic mass is 10.1. The number of hydrogen-bond donors (Lipinski definition) is 0. The second-order valence-electron chi connectivity index (χ2n) is 5.41. The Bertz CT molecular complexity index is 467. The third-order valence-electron chi connectivity index (χ3n) is 4.14. The van der Waals surface area contributed by atoms with Gasteiger partial charge in [-0.15, -0.1) is 0 Å². The number of benzene rings is 1. The first-order chi connectivity index (χ1) is 9.15. The molecule has 1 aliphatic rings. The van der Waals surface area contributed by atoms with Gasteiger partial charge >= 0.3 is 0 Å². The van der Waals surface area contributed by atoms with Crippen LogP contribution in [0.2, 0.25) is 0 Å². The Balaban J connectivity index is 2.08. The molecular formula is C16H23N3. The lowest BCUT2D eigenvalue weighted by molar-refractivity contribution is 0.193. The summed E-state index contributed by atoms with van der Waals surface area (Å²) in [6.07, 6.45) is 1.20. The minimum atomic E-state index is 0.663. The van der Waals surface area contributed by atoms with Gasteiger partial charge in [0.1, 0.15) is 6.07 Å². The number of nitriles is 1. The van der Waals surface area contributed by atoms with Crippen LogP contribution in [0.15, 0.2) is 18.2 Å². The first kappa shape index (κ1) is 13.9. The summed E-state index contributed by atoms with van der Waals surface area (Å²) in [5.74, 6) is 0. The smallest absolute Gasteiger partial charge is 0.101 e. The number of hydrogen-bond acceptors (Lipinski definition) is 3. The molecule has 0 spiro atoms. The van der Waals surface area contributed by atoms with Gasteiger partial charge in [0, 0.05) is 32.2 Å². The van der Waals surface area contributed by atoms with Crippen LogP contribution >= 0.6 is 0 Å². The Labute approximate surface area is 116 Å². The van der Waals surface area contributed by atoms with E-state index in [9.17, 15) is 5.26 Å². The van der Waals surface area contributed by atoms with Gasteiger partial charge in [0.05, 0.1) is 11.3 Å². The molecule has 1 atom stereocenters. The van der Waals surface area contributed by atoms with E-state index in [1.807, 2.05) is 13.0 Å². The lowest BCUT2D eigenvalue weighted by Gasteiger charge is -2.39. The third-order valence-corrected chi connectivity index (χ3v) is 4.14. The number of nitrogens with zero attached hydrogens (tertiary/aromatic N) is 3. The fraction of sp³-hybridized carbons (Fsp3) is 0.562. The molecule has 1 heterocycles. The number of anilines is 1. The maximum absolute atomic E-state index is 9.26. The zero-order valence-corrected chi connectivity index (χ0v) is 12.2. The van der Waals surface area contributed by atoms with E-state index in [0.717, 1.165) is 43.0 Å². The monoisotopic (exact) mass is 257 g/mol. The standard InChI is InChI=1S/C16H23N3/c1-4-14(3)18-7-9-19(10-8-18)16-6-5-13(2)11-15(16)12-17/h5-6,11,14H,4,7-10H2,1-3H3. The molecule has 19 heavy (non-hydrogen) atoms. The highest BCUT2D eigenvalue weighted by atomic mass is 15.3. The molecule has 0 bridgehead atoms. The molecule has 3 nitrogen and oxygen atoms in total. The van der Waals surface area contributed by atoms with E-state index in [1.54, 1.807) is 0 Å². The molecule has 0 N–H and O–H groups in total. The highest BCUT2D eigenvalue weighted by Crippen LogP contribution is 2.23. The molecule has 0 saturated carbocycles. The van der Waals surface area contributed by atoms with Gasteiger partial charge in [0.15, 0.2) is 0 Å². The van der Waals surface area contributed by atoms with Gasteiger partial charge in [0.25, 0.3) is 0 Å². The normalized spacial score (nSPS) is 18.1. The van der Waals surface area contributed by atoms with Crippen LogP contribution in [0.4, 0.5) is 5.69 Å². The number of rotatable bonds is 3. The number of aryl methyl sites for hydroxylation is 1. The van der Waals surface area contributed by atoms with Gasteiger partial charge in [0.2, 0.25) is 0 Å². The Hall–Kier alpha value is -1.53. The van der Waals surface area contributed by atoms with Crippen molar-refractivity contribution in [1.29, 1.82) is 5.26 Å². The summed E-state index contributed by atoms with van der Waals surface area (Å²) in [6, 6.07) is 9.15. The Morgan fingerprint density at radius 2 is 1.95 bits per heavy atom. The molecule has 1 aliphatic heterocycles. The highest BCUT2D eigenvalue weighted by Gasteiger charge is 2.21. The molecule has 1 aromatic rings. The molecule has 1 unspecified atom stereocenters. The summed E-state index contributed by atoms with van der Waals surface area (Å²) in [5.41, 5.74) is 3.05. The Morgan fingerprint density at radius 3 is 2.53 bits per heavy atom. The van der Waals surface area contributed by atoms with Crippen LogP contribution in [0.1, 0.15) is 31.4 Å². The van der Waals surface area contributed by atoms with Crippen molar-refractivity contribution in [1.82, 2.24) is 4.90 Å². The maximum Gasteiger partial charge on any atom is 0.101 e. The summed E-state index contributed by atoms with van der Waals surface area (Å²) in [5, 5.41) is 9.26.